The smallest absolute Gasteiger partial charge is 0.444 e. The Bertz CT molecular complexity index is 1850. The summed E-state index contributed by atoms with van der Waals surface area (Å²) >= 11 is 5.96. The SMILES string of the molecule is C[C@]1(c2ccc(Cl)cc2F)Oc2cccc(C3CCN(Cc4ncc(-c5noc(C(F)(F)F)n5)cc4CC4(C#N)CC4)CC3)c2O1. The molecule has 7 rings (SSSR count). The molecule has 1 saturated carbocycles. The van der Waals surface area contributed by atoms with Gasteiger partial charge in [-0.15, -0.1) is 0 Å². The van der Waals surface area contributed by atoms with E-state index < -0.39 is 29.1 Å². The Morgan fingerprint density at radius 1 is 1.11 bits per heavy atom. The zero-order chi connectivity index (χ0) is 32.3. The van der Waals surface area contributed by atoms with E-state index in [1.54, 1.807) is 25.1 Å². The molecule has 1 saturated heterocycles. The molecule has 8 nitrogen and oxygen atoms in total. The molecule has 13 heteroatoms. The number of likely N-dealkylation sites (tertiary alicyclic amines) is 1. The van der Waals surface area contributed by atoms with E-state index in [9.17, 15) is 22.8 Å². The van der Waals surface area contributed by atoms with Crippen molar-refractivity contribution in [1.82, 2.24) is 20.0 Å². The summed E-state index contributed by atoms with van der Waals surface area (Å²) in [6.45, 7) is 3.71. The number of piperidine rings is 1. The molecule has 46 heavy (non-hydrogen) atoms. The minimum atomic E-state index is -4.75. The van der Waals surface area contributed by atoms with Crippen LogP contribution in [0.15, 0.2) is 53.2 Å². The van der Waals surface area contributed by atoms with Gasteiger partial charge in [0.05, 0.1) is 22.7 Å². The number of benzene rings is 2. The minimum Gasteiger partial charge on any atom is -0.444 e. The van der Waals surface area contributed by atoms with Gasteiger partial charge in [-0.3, -0.25) is 9.88 Å². The molecular weight excluding hydrogens is 626 g/mol. The lowest BCUT2D eigenvalue weighted by Crippen LogP contribution is -2.34. The maximum Gasteiger partial charge on any atom is 0.471 e. The molecule has 0 bridgehead atoms. The fourth-order valence-electron chi connectivity index (χ4n) is 6.31. The van der Waals surface area contributed by atoms with Gasteiger partial charge in [-0.2, -0.15) is 23.4 Å². The zero-order valence-corrected chi connectivity index (χ0v) is 25.5. The van der Waals surface area contributed by atoms with E-state index in [1.165, 1.54) is 12.3 Å². The predicted octanol–water partition coefficient (Wildman–Crippen LogP) is 7.81. The second-order valence-electron chi connectivity index (χ2n) is 12.3. The van der Waals surface area contributed by atoms with Crippen molar-refractivity contribution in [3.63, 3.8) is 0 Å². The van der Waals surface area contributed by atoms with E-state index >= 15 is 0 Å². The van der Waals surface area contributed by atoms with E-state index in [2.05, 4.69) is 30.6 Å². The van der Waals surface area contributed by atoms with Gasteiger partial charge in [-0.25, -0.2) is 4.39 Å². The Balaban J connectivity index is 1.07. The summed E-state index contributed by atoms with van der Waals surface area (Å²) in [5.74, 6) is -2.12. The molecule has 2 aliphatic heterocycles. The molecular formula is C33H28ClF4N5O3. The summed E-state index contributed by atoms with van der Waals surface area (Å²) in [6.07, 6.45) is 0.314. The van der Waals surface area contributed by atoms with Gasteiger partial charge in [-0.05, 0) is 87.0 Å². The Labute approximate surface area is 266 Å². The van der Waals surface area contributed by atoms with Gasteiger partial charge in [-0.1, -0.05) is 28.9 Å². The summed E-state index contributed by atoms with van der Waals surface area (Å²) < 4.78 is 70.8. The van der Waals surface area contributed by atoms with Crippen LogP contribution in [0.5, 0.6) is 11.5 Å². The van der Waals surface area contributed by atoms with Crippen LogP contribution in [-0.2, 0) is 24.9 Å². The van der Waals surface area contributed by atoms with E-state index in [4.69, 9.17) is 21.1 Å². The predicted molar refractivity (Wildman–Crippen MR) is 157 cm³/mol. The molecule has 1 atom stereocenters. The maximum absolute atomic E-state index is 14.8. The van der Waals surface area contributed by atoms with E-state index in [-0.39, 0.29) is 22.3 Å². The van der Waals surface area contributed by atoms with Crippen LogP contribution in [0.2, 0.25) is 5.02 Å². The van der Waals surface area contributed by atoms with Crippen LogP contribution < -0.4 is 9.47 Å². The van der Waals surface area contributed by atoms with Crippen LogP contribution in [0.3, 0.4) is 0 Å². The Kier molecular flexibility index (Phi) is 7.44. The molecule has 3 aliphatic rings. The number of pyridine rings is 1. The van der Waals surface area contributed by atoms with Crippen LogP contribution >= 0.6 is 11.6 Å². The van der Waals surface area contributed by atoms with Crippen LogP contribution in [0.1, 0.15) is 66.8 Å². The Hall–Kier alpha value is -4.21. The standard InChI is InChI=1S/C33H28ClF4N5O3/c1-31(24-6-5-22(34)14-25(24)35)44-27-4-2-3-23(28(27)45-31)19-7-11-43(12-8-19)17-26-20(15-32(18-39)9-10-32)13-21(16-40-26)29-41-30(46-42-29)33(36,37)38/h2-6,13-14,16,19H,7-12,15,17H2,1H3/t31-/m0/s1. The first-order valence-corrected chi connectivity index (χ1v) is 15.3. The summed E-state index contributed by atoms with van der Waals surface area (Å²) in [5, 5.41) is 13.5. The third kappa shape index (κ3) is 5.78. The van der Waals surface area contributed by atoms with Gasteiger partial charge >= 0.3 is 12.1 Å². The highest BCUT2D eigenvalue weighted by Gasteiger charge is 2.45. The topological polar surface area (TPSA) is 97.3 Å². The number of halogens is 5. The van der Waals surface area contributed by atoms with Gasteiger partial charge in [0.25, 0.3) is 5.79 Å². The van der Waals surface area contributed by atoms with Crippen molar-refractivity contribution >= 4 is 11.6 Å². The van der Waals surface area contributed by atoms with Crippen molar-refractivity contribution in [2.45, 2.75) is 63.5 Å². The second-order valence-corrected chi connectivity index (χ2v) is 12.8. The largest absolute Gasteiger partial charge is 0.471 e. The van der Waals surface area contributed by atoms with E-state index in [1.807, 2.05) is 18.2 Å². The van der Waals surface area contributed by atoms with Gasteiger partial charge in [0.1, 0.15) is 5.82 Å². The van der Waals surface area contributed by atoms with Crippen molar-refractivity contribution in [2.24, 2.45) is 5.41 Å². The highest BCUT2D eigenvalue weighted by atomic mass is 35.5. The Morgan fingerprint density at radius 2 is 1.89 bits per heavy atom. The van der Waals surface area contributed by atoms with Gasteiger partial charge in [0.2, 0.25) is 5.82 Å². The number of hydrogen-bond donors (Lipinski definition) is 0. The Morgan fingerprint density at radius 3 is 2.57 bits per heavy atom. The van der Waals surface area contributed by atoms with E-state index in [0.717, 1.165) is 55.6 Å². The van der Waals surface area contributed by atoms with Crippen molar-refractivity contribution in [3.05, 3.63) is 87.8 Å². The van der Waals surface area contributed by atoms with Crippen molar-refractivity contribution in [1.29, 1.82) is 5.26 Å². The van der Waals surface area contributed by atoms with E-state index in [0.29, 0.717) is 30.0 Å². The molecule has 1 aliphatic carbocycles. The molecule has 0 unspecified atom stereocenters. The lowest BCUT2D eigenvalue weighted by Gasteiger charge is -2.33. The quantitative estimate of drug-likeness (QED) is 0.186. The number of rotatable bonds is 7. The van der Waals surface area contributed by atoms with Gasteiger partial charge < -0.3 is 14.0 Å². The molecule has 4 aromatic rings. The minimum absolute atomic E-state index is 0.177. The molecule has 0 radical (unpaired) electrons. The lowest BCUT2D eigenvalue weighted by atomic mass is 9.88. The third-order valence-corrected chi connectivity index (χ3v) is 9.27. The summed E-state index contributed by atoms with van der Waals surface area (Å²) in [4.78, 5) is 10.4. The molecule has 0 amide bonds. The molecule has 2 fully saturated rings. The molecule has 2 aromatic carbocycles. The van der Waals surface area contributed by atoms with Crippen molar-refractivity contribution in [3.8, 4) is 29.0 Å². The number of hydrogen-bond acceptors (Lipinski definition) is 8. The monoisotopic (exact) mass is 653 g/mol. The zero-order valence-electron chi connectivity index (χ0n) is 24.7. The molecule has 0 N–H and O–H groups in total. The number of fused-ring (bicyclic) bond motifs is 1. The summed E-state index contributed by atoms with van der Waals surface area (Å²) in [7, 11) is 0. The van der Waals surface area contributed by atoms with Crippen molar-refractivity contribution < 1.29 is 31.6 Å². The first-order valence-electron chi connectivity index (χ1n) is 14.9. The summed E-state index contributed by atoms with van der Waals surface area (Å²) in [6, 6.07) is 14.3. The number of nitrogens with zero attached hydrogens (tertiary/aromatic N) is 5. The average molecular weight is 654 g/mol. The summed E-state index contributed by atoms with van der Waals surface area (Å²) in [5.41, 5.74) is 2.62. The van der Waals surface area contributed by atoms with Crippen LogP contribution in [-0.4, -0.2) is 33.1 Å². The highest BCUT2D eigenvalue weighted by molar-refractivity contribution is 6.30. The normalized spacial score (nSPS) is 20.9. The first-order chi connectivity index (χ1) is 22.0. The van der Waals surface area contributed by atoms with Gasteiger partial charge in [0.15, 0.2) is 11.5 Å². The molecule has 2 aromatic heterocycles. The molecule has 4 heterocycles. The average Bonchev–Trinajstić information content (AvgIpc) is 3.42. The highest BCUT2D eigenvalue weighted by Crippen LogP contribution is 2.50. The van der Waals surface area contributed by atoms with Crippen LogP contribution in [0.25, 0.3) is 11.4 Å². The number of ether oxygens (including phenoxy) is 2. The fraction of sp³-hybridized carbons (Fsp3) is 0.394. The van der Waals surface area contributed by atoms with Crippen LogP contribution in [0, 0.1) is 22.6 Å². The second kappa shape index (κ2) is 11.2. The number of aromatic nitrogens is 3. The molecule has 0 spiro atoms. The van der Waals surface area contributed by atoms with Crippen molar-refractivity contribution in [2.75, 3.05) is 13.1 Å². The molecule has 238 valence electrons. The number of alkyl halides is 3. The maximum atomic E-state index is 14.8. The van der Waals surface area contributed by atoms with Gasteiger partial charge in [0, 0.05) is 35.8 Å². The lowest BCUT2D eigenvalue weighted by molar-refractivity contribution is -0.159. The fourth-order valence-corrected chi connectivity index (χ4v) is 6.47. The third-order valence-electron chi connectivity index (χ3n) is 9.04. The van der Waals surface area contributed by atoms with Crippen LogP contribution in [0.4, 0.5) is 17.6 Å². The number of para-hydroxylation sites is 1. The first kappa shape index (κ1) is 30.4. The number of nitriles is 1.